The van der Waals surface area contributed by atoms with Crippen LogP contribution in [-0.4, -0.2) is 42.0 Å². The highest BCUT2D eigenvalue weighted by Crippen LogP contribution is 2.38. The number of nitrogens with one attached hydrogen (secondary N) is 1. The van der Waals surface area contributed by atoms with Crippen LogP contribution in [0.1, 0.15) is 37.7 Å². The molecule has 0 spiro atoms. The molecule has 6 nitrogen and oxygen atoms in total. The van der Waals surface area contributed by atoms with Gasteiger partial charge < -0.3 is 4.74 Å². The molecule has 0 radical (unpaired) electrons. The van der Waals surface area contributed by atoms with E-state index in [-0.39, 0.29) is 31.1 Å². The van der Waals surface area contributed by atoms with E-state index in [0.29, 0.717) is 18.6 Å². The Morgan fingerprint density at radius 3 is 2.59 bits per heavy atom. The number of rotatable bonds is 7. The van der Waals surface area contributed by atoms with Crippen LogP contribution in [0.15, 0.2) is 36.7 Å². The van der Waals surface area contributed by atoms with Gasteiger partial charge in [0.05, 0.1) is 23.7 Å². The van der Waals surface area contributed by atoms with Crippen LogP contribution in [0.3, 0.4) is 0 Å². The maximum Gasteiger partial charge on any atom is 0.248 e. The molecule has 29 heavy (non-hydrogen) atoms. The minimum atomic E-state index is -3.43. The molecule has 1 N–H and O–H groups in total. The Morgan fingerprint density at radius 2 is 1.97 bits per heavy atom. The van der Waals surface area contributed by atoms with Gasteiger partial charge in [0.1, 0.15) is 5.75 Å². The van der Waals surface area contributed by atoms with Crippen LogP contribution in [-0.2, 0) is 10.0 Å². The van der Waals surface area contributed by atoms with Gasteiger partial charge >= 0.3 is 0 Å². The van der Waals surface area contributed by atoms with Crippen LogP contribution >= 0.6 is 0 Å². The Labute approximate surface area is 169 Å². The zero-order valence-electron chi connectivity index (χ0n) is 16.2. The van der Waals surface area contributed by atoms with E-state index in [0.717, 1.165) is 11.3 Å². The van der Waals surface area contributed by atoms with Gasteiger partial charge in [-0.25, -0.2) is 26.6 Å². The van der Waals surface area contributed by atoms with Crippen molar-refractivity contribution in [2.75, 3.05) is 6.61 Å². The second kappa shape index (κ2) is 7.68. The number of ether oxygens (including phenoxy) is 1. The number of aromatic nitrogens is 2. The second-order valence-electron chi connectivity index (χ2n) is 8.09. The van der Waals surface area contributed by atoms with Crippen LogP contribution in [0.5, 0.6) is 5.75 Å². The fourth-order valence-corrected chi connectivity index (χ4v) is 5.38. The van der Waals surface area contributed by atoms with E-state index in [9.17, 15) is 17.2 Å². The quantitative estimate of drug-likeness (QED) is 0.738. The Balaban J connectivity index is 1.41. The molecule has 0 aliphatic heterocycles. The number of halogens is 2. The minimum Gasteiger partial charge on any atom is -0.493 e. The summed E-state index contributed by atoms with van der Waals surface area (Å²) in [7, 11) is -3.43. The second-order valence-corrected chi connectivity index (χ2v) is 10.1. The summed E-state index contributed by atoms with van der Waals surface area (Å²) in [6, 6.07) is 6.68. The van der Waals surface area contributed by atoms with Crippen molar-refractivity contribution < 1.29 is 21.9 Å². The minimum absolute atomic E-state index is 0.0354. The third kappa shape index (κ3) is 4.95. The normalized spacial score (nSPS) is 24.4. The Morgan fingerprint density at radius 1 is 1.24 bits per heavy atom. The molecular formula is C20H25F2N3O3S. The van der Waals surface area contributed by atoms with Gasteiger partial charge in [-0.2, -0.15) is 5.10 Å². The molecule has 2 unspecified atom stereocenters. The van der Waals surface area contributed by atoms with Crippen molar-refractivity contribution in [3.8, 4) is 11.4 Å². The first-order valence-electron chi connectivity index (χ1n) is 9.85. The lowest BCUT2D eigenvalue weighted by Gasteiger charge is -2.36. The number of alkyl halides is 2. The average molecular weight is 426 g/mol. The Bertz CT molecular complexity index is 956. The lowest BCUT2D eigenvalue weighted by Crippen LogP contribution is -2.49. The molecule has 2 aromatic rings. The molecule has 2 fully saturated rings. The molecule has 1 heterocycles. The van der Waals surface area contributed by atoms with Crippen molar-refractivity contribution in [3.63, 3.8) is 0 Å². The monoisotopic (exact) mass is 425 g/mol. The first-order chi connectivity index (χ1) is 13.7. The zero-order valence-corrected chi connectivity index (χ0v) is 17.0. The predicted octanol–water partition coefficient (Wildman–Crippen LogP) is 3.45. The molecule has 0 bridgehead atoms. The molecule has 2 atom stereocenters. The molecule has 9 heteroatoms. The van der Waals surface area contributed by atoms with Crippen molar-refractivity contribution in [1.82, 2.24) is 14.5 Å². The topological polar surface area (TPSA) is 73.2 Å². The van der Waals surface area contributed by atoms with Gasteiger partial charge in [0.25, 0.3) is 0 Å². The van der Waals surface area contributed by atoms with Gasteiger partial charge in [0, 0.05) is 31.0 Å². The molecule has 1 aromatic carbocycles. The predicted molar refractivity (Wildman–Crippen MR) is 105 cm³/mol. The van der Waals surface area contributed by atoms with E-state index in [1.165, 1.54) is 0 Å². The summed E-state index contributed by atoms with van der Waals surface area (Å²) in [5.41, 5.74) is 1.91. The third-order valence-electron chi connectivity index (χ3n) is 5.51. The van der Waals surface area contributed by atoms with Crippen LogP contribution < -0.4 is 9.46 Å². The number of aryl methyl sites for hydroxylation is 1. The van der Waals surface area contributed by atoms with E-state index < -0.39 is 27.9 Å². The van der Waals surface area contributed by atoms with Gasteiger partial charge in [-0.15, -0.1) is 0 Å². The first kappa shape index (κ1) is 20.3. The van der Waals surface area contributed by atoms with Crippen molar-refractivity contribution >= 4 is 10.0 Å². The fraction of sp³-hybridized carbons (Fsp3) is 0.550. The zero-order chi connectivity index (χ0) is 20.6. The molecule has 158 valence electrons. The fourth-order valence-electron chi connectivity index (χ4n) is 3.70. The van der Waals surface area contributed by atoms with Crippen molar-refractivity contribution in [2.24, 2.45) is 5.92 Å². The highest BCUT2D eigenvalue weighted by Gasteiger charge is 2.45. The van der Waals surface area contributed by atoms with Crippen LogP contribution in [0.4, 0.5) is 8.78 Å². The van der Waals surface area contributed by atoms with E-state index in [2.05, 4.69) is 9.82 Å². The van der Waals surface area contributed by atoms with E-state index >= 15 is 0 Å². The molecule has 0 amide bonds. The molecule has 2 saturated carbocycles. The average Bonchev–Trinajstić information content (AvgIpc) is 3.45. The highest BCUT2D eigenvalue weighted by atomic mass is 32.2. The maximum absolute atomic E-state index is 14.0. The lowest BCUT2D eigenvalue weighted by atomic mass is 9.83. The Kier molecular flexibility index (Phi) is 5.37. The van der Waals surface area contributed by atoms with Crippen molar-refractivity contribution in [2.45, 2.75) is 56.2 Å². The summed E-state index contributed by atoms with van der Waals surface area (Å²) in [6.07, 6.45) is 4.37. The van der Waals surface area contributed by atoms with Crippen molar-refractivity contribution in [1.29, 1.82) is 0 Å². The largest absolute Gasteiger partial charge is 0.493 e. The van der Waals surface area contributed by atoms with E-state index in [1.54, 1.807) is 23.0 Å². The van der Waals surface area contributed by atoms with E-state index in [4.69, 9.17) is 4.74 Å². The number of benzene rings is 1. The van der Waals surface area contributed by atoms with Crippen LogP contribution in [0.25, 0.3) is 5.69 Å². The summed E-state index contributed by atoms with van der Waals surface area (Å²) in [6.45, 7) is 1.99. The smallest absolute Gasteiger partial charge is 0.248 e. The SMILES string of the molecule is Cc1cnn(-c2ccc(OCC3CC(F)(F)CCC3NS(=O)(=O)C3CC3)cc2)c1. The lowest BCUT2D eigenvalue weighted by molar-refractivity contribution is -0.0661. The number of sulfonamides is 1. The number of hydrogen-bond donors (Lipinski definition) is 1. The van der Waals surface area contributed by atoms with E-state index in [1.807, 2.05) is 25.3 Å². The van der Waals surface area contributed by atoms with Gasteiger partial charge in [0.15, 0.2) is 0 Å². The maximum atomic E-state index is 14.0. The standard InChI is InChI=1S/C20H25F2N3O3S/c1-14-11-23-25(12-14)16-2-4-17(5-3-16)28-13-15-10-20(21,22)9-8-19(15)24-29(26,27)18-6-7-18/h2-5,11-12,15,18-19,24H,6-10,13H2,1H3. The number of hydrogen-bond acceptors (Lipinski definition) is 4. The van der Waals surface area contributed by atoms with Crippen LogP contribution in [0, 0.1) is 12.8 Å². The first-order valence-corrected chi connectivity index (χ1v) is 11.4. The summed E-state index contributed by atoms with van der Waals surface area (Å²) < 4.78 is 62.6. The van der Waals surface area contributed by atoms with Gasteiger partial charge in [-0.05, 0) is 56.0 Å². The summed E-state index contributed by atoms with van der Waals surface area (Å²) >= 11 is 0. The molecule has 2 aliphatic rings. The summed E-state index contributed by atoms with van der Waals surface area (Å²) in [5, 5.41) is 3.87. The summed E-state index contributed by atoms with van der Waals surface area (Å²) in [4.78, 5) is 0. The molecule has 1 aromatic heterocycles. The Hall–Kier alpha value is -2.00. The molecule has 4 rings (SSSR count). The molecular weight excluding hydrogens is 400 g/mol. The van der Waals surface area contributed by atoms with Crippen molar-refractivity contribution in [3.05, 3.63) is 42.2 Å². The summed E-state index contributed by atoms with van der Waals surface area (Å²) in [5.74, 6) is -2.83. The highest BCUT2D eigenvalue weighted by molar-refractivity contribution is 7.90. The molecule has 2 aliphatic carbocycles. The van der Waals surface area contributed by atoms with Gasteiger partial charge in [0.2, 0.25) is 15.9 Å². The van der Waals surface area contributed by atoms with Gasteiger partial charge in [-0.1, -0.05) is 0 Å². The number of nitrogens with zero attached hydrogens (tertiary/aromatic N) is 2. The molecule has 0 saturated heterocycles. The van der Waals surface area contributed by atoms with Crippen LogP contribution in [0.2, 0.25) is 0 Å². The van der Waals surface area contributed by atoms with Gasteiger partial charge in [-0.3, -0.25) is 0 Å². The third-order valence-corrected chi connectivity index (χ3v) is 7.49.